The third-order valence-electron chi connectivity index (χ3n) is 1.67. The first kappa shape index (κ1) is 10.7. The van der Waals surface area contributed by atoms with Gasteiger partial charge in [0.2, 0.25) is 0 Å². The highest BCUT2D eigenvalue weighted by molar-refractivity contribution is 7.99. The van der Waals surface area contributed by atoms with Crippen LogP contribution in [0.3, 0.4) is 0 Å². The average Bonchev–Trinajstić information content (AvgIpc) is 2.71. The van der Waals surface area contributed by atoms with Crippen LogP contribution in [-0.4, -0.2) is 41.0 Å². The van der Waals surface area contributed by atoms with E-state index >= 15 is 0 Å². The molecule has 0 aliphatic carbocycles. The first-order chi connectivity index (χ1) is 7.36. The van der Waals surface area contributed by atoms with Gasteiger partial charge >= 0.3 is 0 Å². The van der Waals surface area contributed by atoms with Crippen molar-refractivity contribution in [3.63, 3.8) is 0 Å². The molecule has 15 heavy (non-hydrogen) atoms. The summed E-state index contributed by atoms with van der Waals surface area (Å²) in [5.74, 6) is 0.535. The van der Waals surface area contributed by atoms with Gasteiger partial charge in [-0.25, -0.2) is 15.0 Å². The lowest BCUT2D eigenvalue weighted by Gasteiger charge is -2.09. The zero-order valence-electron chi connectivity index (χ0n) is 7.57. The Kier molecular flexibility index (Phi) is 3.41. The molecule has 0 radical (unpaired) electrons. The van der Waals surface area contributed by atoms with Crippen LogP contribution in [0.25, 0.3) is 11.5 Å². The van der Waals surface area contributed by atoms with Crippen LogP contribution in [0.15, 0.2) is 17.7 Å². The number of aromatic nitrogens is 4. The van der Waals surface area contributed by atoms with Crippen molar-refractivity contribution in [2.45, 2.75) is 5.03 Å². The van der Waals surface area contributed by atoms with Crippen molar-refractivity contribution >= 4 is 23.7 Å². The van der Waals surface area contributed by atoms with Crippen molar-refractivity contribution in [2.24, 2.45) is 0 Å². The van der Waals surface area contributed by atoms with Crippen LogP contribution in [0.4, 0.5) is 0 Å². The van der Waals surface area contributed by atoms with Crippen LogP contribution in [0.2, 0.25) is 0 Å². The highest BCUT2D eigenvalue weighted by atomic mass is 32.2. The lowest BCUT2D eigenvalue weighted by Crippen LogP contribution is -2.01. The number of hydrogen-bond donors (Lipinski definition) is 2. The Bertz CT molecular complexity index is 385. The third kappa shape index (κ3) is 2.07. The van der Waals surface area contributed by atoms with Crippen LogP contribution >= 0.6 is 23.7 Å². The number of nitrogens with zero attached hydrogens (tertiary/aromatic N) is 4. The van der Waals surface area contributed by atoms with Crippen LogP contribution < -0.4 is 0 Å². The summed E-state index contributed by atoms with van der Waals surface area (Å²) in [5, 5.41) is 18.3. The predicted octanol–water partition coefficient (Wildman–Crippen LogP) is 0.266. The zero-order valence-corrected chi connectivity index (χ0v) is 9.20. The quantitative estimate of drug-likeness (QED) is 0.453. The minimum absolute atomic E-state index is 0.0495. The second-order valence-electron chi connectivity index (χ2n) is 2.45. The molecule has 0 saturated carbocycles. The molecule has 2 N–H and O–H groups in total. The lowest BCUT2D eigenvalue weighted by molar-refractivity contribution is 0.374. The molecule has 2 aliphatic rings. The molecular weight excluding hydrogens is 236 g/mol. The van der Waals surface area contributed by atoms with E-state index in [4.69, 9.17) is 10.2 Å². The Hall–Kier alpha value is -0.830. The number of rotatable bonds is 4. The van der Waals surface area contributed by atoms with E-state index in [0.717, 1.165) is 0 Å². The number of aliphatic hydroxyl groups is 2. The molecule has 8 heteroatoms. The fourth-order valence-corrected chi connectivity index (χ4v) is 2.14. The summed E-state index contributed by atoms with van der Waals surface area (Å²) in [4.78, 5) is 12.2. The van der Waals surface area contributed by atoms with Crippen LogP contribution in [0.5, 0.6) is 0 Å². The van der Waals surface area contributed by atoms with Gasteiger partial charge in [-0.2, -0.15) is 0 Å². The SMILES string of the molecule is OCSc1ncn(SCO)c2ncnc1-2. The molecule has 2 aliphatic heterocycles. The Morgan fingerprint density at radius 1 is 1.20 bits per heavy atom. The van der Waals surface area contributed by atoms with Crippen molar-refractivity contribution in [2.75, 3.05) is 11.9 Å². The van der Waals surface area contributed by atoms with Gasteiger partial charge < -0.3 is 10.2 Å². The van der Waals surface area contributed by atoms with Crippen LogP contribution in [0, 0.1) is 0 Å². The van der Waals surface area contributed by atoms with E-state index in [9.17, 15) is 0 Å². The minimum atomic E-state index is -0.0548. The highest BCUT2D eigenvalue weighted by Crippen LogP contribution is 2.29. The lowest BCUT2D eigenvalue weighted by atomic mass is 10.4. The molecule has 0 fully saturated rings. The summed E-state index contributed by atoms with van der Waals surface area (Å²) in [6.07, 6.45) is 2.98. The standard InChI is InChI=1S/C7H8N4O2S2/c12-3-14-7-5-6(9-1-8-5)11(2-10-7)15-4-13/h1-2,12-13H,3-4H2. The second kappa shape index (κ2) is 4.79. The molecule has 0 aromatic rings. The van der Waals surface area contributed by atoms with Gasteiger partial charge in [0.15, 0.2) is 5.82 Å². The van der Waals surface area contributed by atoms with E-state index in [1.54, 1.807) is 10.3 Å². The Morgan fingerprint density at radius 3 is 2.80 bits per heavy atom. The molecular formula is C7H8N4O2S2. The van der Waals surface area contributed by atoms with Gasteiger partial charge in [0.25, 0.3) is 0 Å². The largest absolute Gasteiger partial charge is 0.385 e. The van der Waals surface area contributed by atoms with Gasteiger partial charge in [-0.3, -0.25) is 3.97 Å². The maximum atomic E-state index is 8.81. The Balaban J connectivity index is 2.43. The van der Waals surface area contributed by atoms with Crippen molar-refractivity contribution in [3.8, 4) is 11.5 Å². The van der Waals surface area contributed by atoms with Crippen molar-refractivity contribution in [3.05, 3.63) is 12.7 Å². The predicted molar refractivity (Wildman–Crippen MR) is 57.5 cm³/mol. The summed E-state index contributed by atoms with van der Waals surface area (Å²) >= 11 is 2.36. The van der Waals surface area contributed by atoms with E-state index in [-0.39, 0.29) is 11.9 Å². The molecule has 6 nitrogen and oxygen atoms in total. The third-order valence-corrected chi connectivity index (χ3v) is 3.03. The van der Waals surface area contributed by atoms with E-state index in [1.807, 2.05) is 0 Å². The number of fused-ring (bicyclic) bond motifs is 1. The normalized spacial score (nSPS) is 11.1. The summed E-state index contributed by atoms with van der Waals surface area (Å²) in [7, 11) is 0. The zero-order chi connectivity index (χ0) is 10.7. The smallest absolute Gasteiger partial charge is 0.174 e. The molecule has 0 unspecified atom stereocenters. The van der Waals surface area contributed by atoms with Crippen LogP contribution in [-0.2, 0) is 0 Å². The molecule has 0 bridgehead atoms. The van der Waals surface area contributed by atoms with Gasteiger partial charge in [-0.15, -0.1) is 0 Å². The maximum Gasteiger partial charge on any atom is 0.174 e. The van der Waals surface area contributed by atoms with Crippen molar-refractivity contribution in [1.29, 1.82) is 0 Å². The van der Waals surface area contributed by atoms with E-state index in [0.29, 0.717) is 16.5 Å². The fraction of sp³-hybridized carbons (Fsp3) is 0.286. The van der Waals surface area contributed by atoms with Crippen molar-refractivity contribution in [1.82, 2.24) is 18.9 Å². The number of hydrogen-bond acceptors (Lipinski definition) is 7. The Morgan fingerprint density at radius 2 is 2.07 bits per heavy atom. The van der Waals surface area contributed by atoms with E-state index in [1.165, 1.54) is 30.0 Å². The molecule has 0 amide bonds. The van der Waals surface area contributed by atoms with Gasteiger partial charge in [0.1, 0.15) is 29.3 Å². The highest BCUT2D eigenvalue weighted by Gasteiger charge is 2.16. The van der Waals surface area contributed by atoms with Gasteiger partial charge in [-0.05, 0) is 11.9 Å². The second-order valence-corrected chi connectivity index (χ2v) is 4.30. The van der Waals surface area contributed by atoms with E-state index < -0.39 is 0 Å². The molecule has 0 atom stereocenters. The monoisotopic (exact) mass is 244 g/mol. The number of thioether (sulfide) groups is 1. The molecule has 0 saturated heterocycles. The van der Waals surface area contributed by atoms with Crippen molar-refractivity contribution < 1.29 is 10.2 Å². The first-order valence-corrected chi connectivity index (χ1v) is 5.95. The van der Waals surface area contributed by atoms with Gasteiger partial charge in [-0.1, -0.05) is 11.8 Å². The van der Waals surface area contributed by atoms with Crippen LogP contribution in [0.1, 0.15) is 0 Å². The fourth-order valence-electron chi connectivity index (χ4n) is 1.12. The summed E-state index contributed by atoms with van der Waals surface area (Å²) in [6.45, 7) is 0. The number of imidazole rings is 1. The minimum Gasteiger partial charge on any atom is -0.385 e. The van der Waals surface area contributed by atoms with Gasteiger partial charge in [0.05, 0.1) is 5.94 Å². The molecule has 0 aromatic carbocycles. The molecule has 0 spiro atoms. The first-order valence-electron chi connectivity index (χ1n) is 4.02. The molecule has 2 rings (SSSR count). The van der Waals surface area contributed by atoms with E-state index in [2.05, 4.69) is 15.0 Å². The molecule has 0 aromatic heterocycles. The topological polar surface area (TPSA) is 84.1 Å². The Labute approximate surface area is 94.2 Å². The maximum absolute atomic E-state index is 8.81. The summed E-state index contributed by atoms with van der Waals surface area (Å²) < 4.78 is 1.64. The summed E-state index contributed by atoms with van der Waals surface area (Å²) in [6, 6.07) is 0. The average molecular weight is 244 g/mol. The molecule has 2 heterocycles. The van der Waals surface area contributed by atoms with Gasteiger partial charge in [0, 0.05) is 0 Å². The summed E-state index contributed by atoms with van der Waals surface area (Å²) in [5.41, 5.74) is 0.637. The number of aliphatic hydroxyl groups excluding tert-OH is 2. The molecule has 80 valence electrons.